The van der Waals surface area contributed by atoms with Crippen LogP contribution in [0.2, 0.25) is 0 Å². The Kier molecular flexibility index (Phi) is 3.15. The van der Waals surface area contributed by atoms with Crippen molar-refractivity contribution in [2.75, 3.05) is 0 Å². The SMILES string of the molecule is O=C(NS(=O)(=O)S(=O)(=O)O)C(F)(F)F. The summed E-state index contributed by atoms with van der Waals surface area (Å²) >= 11 is 0. The fourth-order valence-corrected chi connectivity index (χ4v) is 1.22. The van der Waals surface area contributed by atoms with Crippen molar-refractivity contribution < 1.29 is 39.4 Å². The topological polar surface area (TPSA) is 118 Å². The van der Waals surface area contributed by atoms with Crippen LogP contribution in [0.15, 0.2) is 0 Å². The van der Waals surface area contributed by atoms with Crippen LogP contribution < -0.4 is 4.72 Å². The minimum absolute atomic E-state index is 0.106. The Bertz CT molecular complexity index is 430. The molecule has 0 aromatic carbocycles. The first kappa shape index (κ1) is 13.1. The van der Waals surface area contributed by atoms with E-state index in [1.54, 1.807) is 0 Å². The van der Waals surface area contributed by atoms with Gasteiger partial charge in [0.05, 0.1) is 0 Å². The van der Waals surface area contributed by atoms with Gasteiger partial charge in [-0.2, -0.15) is 30.0 Å². The van der Waals surface area contributed by atoms with Crippen LogP contribution in [0.4, 0.5) is 13.2 Å². The molecular weight excluding hydrogens is 255 g/mol. The standard InChI is InChI=1S/C2H2F3NO6S2/c3-2(4,5)1(7)6-13(8,9)14(10,11)12/h(H,6,7)(H,10,11,12). The van der Waals surface area contributed by atoms with Crippen LogP contribution in [0, 0.1) is 0 Å². The van der Waals surface area contributed by atoms with Gasteiger partial charge in [-0.15, -0.1) is 0 Å². The Morgan fingerprint density at radius 1 is 1.14 bits per heavy atom. The second kappa shape index (κ2) is 3.36. The predicted molar refractivity (Wildman–Crippen MR) is 34.7 cm³/mol. The largest absolute Gasteiger partial charge is 0.472 e. The molecule has 84 valence electrons. The minimum atomic E-state index is -5.82. The Hall–Kier alpha value is -0.880. The van der Waals surface area contributed by atoms with Crippen LogP contribution in [0.1, 0.15) is 0 Å². The van der Waals surface area contributed by atoms with E-state index in [4.69, 9.17) is 4.55 Å². The van der Waals surface area contributed by atoms with Crippen molar-refractivity contribution in [1.29, 1.82) is 0 Å². The number of carbonyl (C=O) groups is 1. The fraction of sp³-hybridized carbons (Fsp3) is 0.500. The quantitative estimate of drug-likeness (QED) is 0.473. The normalized spacial score (nSPS) is 13.7. The molecule has 0 heterocycles. The summed E-state index contributed by atoms with van der Waals surface area (Å²) in [5.41, 5.74) is 0. The van der Waals surface area contributed by atoms with Gasteiger partial charge >= 0.3 is 30.3 Å². The second-order valence-corrected chi connectivity index (χ2v) is 6.36. The van der Waals surface area contributed by atoms with Crippen molar-refractivity contribution in [1.82, 2.24) is 4.72 Å². The maximum atomic E-state index is 11.4. The van der Waals surface area contributed by atoms with E-state index in [2.05, 4.69) is 0 Å². The Labute approximate surface area is 75.1 Å². The fourth-order valence-electron chi connectivity index (χ4n) is 0.224. The van der Waals surface area contributed by atoms with Gasteiger partial charge in [-0.1, -0.05) is 0 Å². The van der Waals surface area contributed by atoms with E-state index in [0.717, 1.165) is 0 Å². The molecule has 0 atom stereocenters. The summed E-state index contributed by atoms with van der Waals surface area (Å²) in [6, 6.07) is 0. The maximum Gasteiger partial charge on any atom is 0.472 e. The summed E-state index contributed by atoms with van der Waals surface area (Å²) < 4.78 is 82.5. The molecule has 0 rings (SSSR count). The summed E-state index contributed by atoms with van der Waals surface area (Å²) in [6.45, 7) is 0. The number of hydrogen-bond acceptors (Lipinski definition) is 5. The summed E-state index contributed by atoms with van der Waals surface area (Å²) in [5.74, 6) is -3.02. The average molecular weight is 257 g/mol. The first-order valence-corrected chi connectivity index (χ1v) is 5.93. The summed E-state index contributed by atoms with van der Waals surface area (Å²) in [7, 11) is -11.6. The average Bonchev–Trinajstić information content (AvgIpc) is 1.80. The Balaban J connectivity index is 5.01. The highest BCUT2D eigenvalue weighted by Gasteiger charge is 2.43. The highest BCUT2D eigenvalue weighted by Crippen LogP contribution is 2.15. The molecule has 0 fully saturated rings. The van der Waals surface area contributed by atoms with Gasteiger partial charge in [0.25, 0.3) is 0 Å². The van der Waals surface area contributed by atoms with Crippen LogP contribution in [0.25, 0.3) is 0 Å². The molecule has 0 saturated carbocycles. The van der Waals surface area contributed by atoms with Crippen molar-refractivity contribution in [2.45, 2.75) is 6.18 Å². The third kappa shape index (κ3) is 3.12. The molecule has 0 aromatic heterocycles. The van der Waals surface area contributed by atoms with Crippen LogP contribution in [0.3, 0.4) is 0 Å². The van der Waals surface area contributed by atoms with Crippen molar-refractivity contribution in [2.24, 2.45) is 0 Å². The number of amides is 1. The highest BCUT2D eigenvalue weighted by molar-refractivity contribution is 8.64. The van der Waals surface area contributed by atoms with Gasteiger partial charge < -0.3 is 0 Å². The van der Waals surface area contributed by atoms with Gasteiger partial charge in [0.1, 0.15) is 0 Å². The molecular formula is C2H2F3NO6S2. The first-order valence-electron chi connectivity index (χ1n) is 2.49. The van der Waals surface area contributed by atoms with E-state index in [9.17, 15) is 34.8 Å². The molecule has 2 N–H and O–H groups in total. The van der Waals surface area contributed by atoms with Crippen LogP contribution in [-0.2, 0) is 23.0 Å². The first-order chi connectivity index (χ1) is 5.88. The van der Waals surface area contributed by atoms with Crippen LogP contribution >= 0.6 is 0 Å². The zero-order valence-corrected chi connectivity index (χ0v) is 7.57. The van der Waals surface area contributed by atoms with Gasteiger partial charge in [-0.25, -0.2) is 4.72 Å². The number of hydrogen-bond donors (Lipinski definition) is 2. The number of alkyl halides is 3. The Morgan fingerprint density at radius 2 is 1.50 bits per heavy atom. The van der Waals surface area contributed by atoms with E-state index in [0.29, 0.717) is 0 Å². The molecule has 0 aliphatic heterocycles. The molecule has 7 nitrogen and oxygen atoms in total. The molecule has 0 unspecified atom stereocenters. The summed E-state index contributed by atoms with van der Waals surface area (Å²) in [6.07, 6.45) is -5.57. The Morgan fingerprint density at radius 3 is 1.71 bits per heavy atom. The molecule has 0 aliphatic rings. The number of carbonyl (C=O) groups excluding carboxylic acids is 1. The van der Waals surface area contributed by atoms with Gasteiger partial charge in [0.2, 0.25) is 0 Å². The summed E-state index contributed by atoms with van der Waals surface area (Å²) in [4.78, 5) is 9.94. The third-order valence-corrected chi connectivity index (χ3v) is 3.66. The van der Waals surface area contributed by atoms with E-state index in [1.165, 1.54) is 0 Å². The zero-order chi connectivity index (χ0) is 11.8. The van der Waals surface area contributed by atoms with Crippen molar-refractivity contribution in [3.63, 3.8) is 0 Å². The number of halogens is 3. The molecule has 0 bridgehead atoms. The van der Waals surface area contributed by atoms with Crippen molar-refractivity contribution in [3.8, 4) is 0 Å². The van der Waals surface area contributed by atoms with E-state index in [-0.39, 0.29) is 4.72 Å². The minimum Gasteiger partial charge on any atom is -0.272 e. The van der Waals surface area contributed by atoms with Crippen molar-refractivity contribution >= 4 is 24.1 Å². The van der Waals surface area contributed by atoms with Crippen LogP contribution in [-0.4, -0.2) is 33.5 Å². The van der Waals surface area contributed by atoms with Crippen LogP contribution in [0.5, 0.6) is 0 Å². The molecule has 0 aliphatic carbocycles. The highest BCUT2D eigenvalue weighted by atomic mass is 33.2. The molecule has 0 aromatic rings. The monoisotopic (exact) mass is 257 g/mol. The molecule has 0 radical (unpaired) electrons. The lowest BCUT2D eigenvalue weighted by atomic mass is 10.6. The van der Waals surface area contributed by atoms with Gasteiger partial charge in [0.15, 0.2) is 0 Å². The molecule has 0 saturated heterocycles. The van der Waals surface area contributed by atoms with Gasteiger partial charge in [-0.3, -0.25) is 9.35 Å². The van der Waals surface area contributed by atoms with E-state index < -0.39 is 30.3 Å². The number of rotatable bonds is 2. The molecule has 0 spiro atoms. The lowest BCUT2D eigenvalue weighted by Crippen LogP contribution is -2.43. The lowest BCUT2D eigenvalue weighted by molar-refractivity contribution is -0.171. The maximum absolute atomic E-state index is 11.4. The predicted octanol–water partition coefficient (Wildman–Crippen LogP) is -1.20. The van der Waals surface area contributed by atoms with E-state index in [1.807, 2.05) is 0 Å². The third-order valence-electron chi connectivity index (χ3n) is 0.752. The number of nitrogens with one attached hydrogen (secondary N) is 1. The summed E-state index contributed by atoms with van der Waals surface area (Å²) in [5, 5.41) is 0. The second-order valence-electron chi connectivity index (χ2n) is 1.81. The van der Waals surface area contributed by atoms with Crippen molar-refractivity contribution in [3.05, 3.63) is 0 Å². The molecule has 14 heavy (non-hydrogen) atoms. The lowest BCUT2D eigenvalue weighted by Gasteiger charge is -2.05. The van der Waals surface area contributed by atoms with Gasteiger partial charge in [0, 0.05) is 0 Å². The van der Waals surface area contributed by atoms with E-state index >= 15 is 0 Å². The van der Waals surface area contributed by atoms with Gasteiger partial charge in [-0.05, 0) is 0 Å². The molecule has 1 amide bonds. The smallest absolute Gasteiger partial charge is 0.272 e. The zero-order valence-electron chi connectivity index (χ0n) is 5.94. The molecule has 12 heteroatoms.